The molecule has 33 heavy (non-hydrogen) atoms. The Bertz CT molecular complexity index is 1240. The average Bonchev–Trinajstić information content (AvgIpc) is 3.35. The van der Waals surface area contributed by atoms with Crippen molar-refractivity contribution in [2.45, 2.75) is 18.9 Å². The van der Waals surface area contributed by atoms with E-state index in [1.165, 1.54) is 11.0 Å². The molecule has 0 radical (unpaired) electrons. The third kappa shape index (κ3) is 3.67. The number of rotatable bonds is 5. The highest BCUT2D eigenvalue weighted by Gasteiger charge is 2.49. The van der Waals surface area contributed by atoms with Gasteiger partial charge in [-0.1, -0.05) is 12.1 Å². The summed E-state index contributed by atoms with van der Waals surface area (Å²) in [5, 5.41) is 13.8. The first kappa shape index (κ1) is 20.6. The van der Waals surface area contributed by atoms with Gasteiger partial charge in [0.05, 0.1) is 25.4 Å². The Labute approximate surface area is 188 Å². The van der Waals surface area contributed by atoms with Crippen molar-refractivity contribution in [2.75, 3.05) is 19.8 Å². The fourth-order valence-electron chi connectivity index (χ4n) is 3.85. The highest BCUT2D eigenvalue weighted by Crippen LogP contribution is 2.32. The minimum Gasteiger partial charge on any atom is -0.490 e. The summed E-state index contributed by atoms with van der Waals surface area (Å²) in [7, 11) is 0. The number of tetrazole rings is 1. The van der Waals surface area contributed by atoms with Crippen molar-refractivity contribution in [1.29, 1.82) is 0 Å². The summed E-state index contributed by atoms with van der Waals surface area (Å²) in [4.78, 5) is 39.8. The van der Waals surface area contributed by atoms with Crippen molar-refractivity contribution < 1.29 is 23.9 Å². The molecule has 0 saturated carbocycles. The highest BCUT2D eigenvalue weighted by molar-refractivity contribution is 6.11. The molecule has 11 nitrogen and oxygen atoms in total. The number of urea groups is 1. The second-order valence-corrected chi connectivity index (χ2v) is 7.89. The van der Waals surface area contributed by atoms with Gasteiger partial charge in [0.1, 0.15) is 11.9 Å². The van der Waals surface area contributed by atoms with Crippen molar-refractivity contribution >= 4 is 17.7 Å². The first-order chi connectivity index (χ1) is 16.0. The molecule has 0 spiro atoms. The minimum absolute atomic E-state index is 0.328. The topological polar surface area (TPSA) is 129 Å². The average molecular weight is 448 g/mol. The molecule has 0 aliphatic carbocycles. The van der Waals surface area contributed by atoms with E-state index in [0.29, 0.717) is 41.5 Å². The predicted octanol–water partition coefficient (Wildman–Crippen LogP) is 1.47. The van der Waals surface area contributed by atoms with Crippen LogP contribution in [0.15, 0.2) is 48.8 Å². The van der Waals surface area contributed by atoms with E-state index >= 15 is 0 Å². The van der Waals surface area contributed by atoms with Gasteiger partial charge < -0.3 is 14.8 Å². The van der Waals surface area contributed by atoms with Gasteiger partial charge in [-0.2, -0.15) is 0 Å². The Kier molecular flexibility index (Phi) is 5.00. The molecule has 1 saturated heterocycles. The Morgan fingerprint density at radius 2 is 1.94 bits per heavy atom. The van der Waals surface area contributed by atoms with Crippen LogP contribution in [0.5, 0.6) is 11.5 Å². The molecule has 1 aromatic heterocycles. The normalized spacial score (nSPS) is 19.8. The predicted molar refractivity (Wildman–Crippen MR) is 113 cm³/mol. The van der Waals surface area contributed by atoms with E-state index in [4.69, 9.17) is 9.47 Å². The van der Waals surface area contributed by atoms with Gasteiger partial charge in [0.25, 0.3) is 5.91 Å². The lowest BCUT2D eigenvalue weighted by atomic mass is 9.91. The van der Waals surface area contributed by atoms with Crippen molar-refractivity contribution in [3.05, 3.63) is 59.9 Å². The molecule has 1 fully saturated rings. The largest absolute Gasteiger partial charge is 0.490 e. The quantitative estimate of drug-likeness (QED) is 0.459. The number of carbonyl (C=O) groups excluding carboxylic acids is 3. The third-order valence-corrected chi connectivity index (χ3v) is 5.68. The molecular weight excluding hydrogens is 428 g/mol. The summed E-state index contributed by atoms with van der Waals surface area (Å²) in [6, 6.07) is 11.1. The summed E-state index contributed by atoms with van der Waals surface area (Å²) in [5.41, 5.74) is 0.155. The number of hydrogen-bond acceptors (Lipinski definition) is 8. The van der Waals surface area contributed by atoms with Crippen LogP contribution >= 0.6 is 0 Å². The van der Waals surface area contributed by atoms with Crippen molar-refractivity contribution in [3.8, 4) is 17.2 Å². The Balaban J connectivity index is 1.37. The van der Waals surface area contributed by atoms with Crippen LogP contribution in [0.4, 0.5) is 4.79 Å². The molecule has 3 amide bonds. The smallest absolute Gasteiger partial charge is 0.325 e. The van der Waals surface area contributed by atoms with Crippen molar-refractivity contribution in [2.24, 2.45) is 0 Å². The lowest BCUT2D eigenvalue weighted by Crippen LogP contribution is -2.41. The van der Waals surface area contributed by atoms with Gasteiger partial charge in [-0.3, -0.25) is 14.5 Å². The first-order valence-corrected chi connectivity index (χ1v) is 10.4. The monoisotopic (exact) mass is 448 g/mol. The van der Waals surface area contributed by atoms with E-state index in [1.807, 2.05) is 0 Å². The summed E-state index contributed by atoms with van der Waals surface area (Å²) in [6.07, 6.45) is 2.17. The van der Waals surface area contributed by atoms with Gasteiger partial charge in [-0.05, 0) is 53.2 Å². The lowest BCUT2D eigenvalue weighted by molar-refractivity contribution is -0.130. The molecule has 1 atom stereocenters. The van der Waals surface area contributed by atoms with Crippen LogP contribution in [0.2, 0.25) is 0 Å². The van der Waals surface area contributed by atoms with Crippen molar-refractivity contribution in [3.63, 3.8) is 0 Å². The maximum absolute atomic E-state index is 13.3. The van der Waals surface area contributed by atoms with Crippen LogP contribution in [-0.2, 0) is 10.3 Å². The molecule has 3 aromatic rings. The lowest BCUT2D eigenvalue weighted by Gasteiger charge is -2.22. The van der Waals surface area contributed by atoms with Crippen LogP contribution in [0.25, 0.3) is 5.69 Å². The maximum Gasteiger partial charge on any atom is 0.325 e. The first-order valence-electron chi connectivity index (χ1n) is 10.4. The molecule has 1 N–H and O–H groups in total. The number of carbonyl (C=O) groups is 3. The van der Waals surface area contributed by atoms with Gasteiger partial charge in [0.15, 0.2) is 17.3 Å². The number of ketones is 1. The fraction of sp³-hybridized carbons (Fsp3) is 0.273. The van der Waals surface area contributed by atoms with E-state index in [1.54, 1.807) is 49.4 Å². The molecule has 3 heterocycles. The van der Waals surface area contributed by atoms with E-state index in [9.17, 15) is 14.4 Å². The van der Waals surface area contributed by atoms with Crippen molar-refractivity contribution in [1.82, 2.24) is 30.4 Å². The zero-order chi connectivity index (χ0) is 23.0. The van der Waals surface area contributed by atoms with E-state index in [2.05, 4.69) is 20.8 Å². The molecule has 2 aromatic carbocycles. The fourth-order valence-corrected chi connectivity index (χ4v) is 3.85. The maximum atomic E-state index is 13.3. The zero-order valence-corrected chi connectivity index (χ0v) is 17.7. The van der Waals surface area contributed by atoms with E-state index in [0.717, 1.165) is 11.3 Å². The Morgan fingerprint density at radius 3 is 2.73 bits per heavy atom. The van der Waals surface area contributed by atoms with Crippen LogP contribution in [0.3, 0.4) is 0 Å². The van der Waals surface area contributed by atoms with Gasteiger partial charge in [-0.15, -0.1) is 5.10 Å². The number of nitrogens with one attached hydrogen (secondary N) is 1. The molecule has 0 bridgehead atoms. The SMILES string of the molecule is C[C@]1(c2cccc(-n3cnnn3)c2)NC(=O)N(CC(=O)c2ccc3c(c2)OCCCO3)C1=O. The molecule has 2 aliphatic rings. The third-order valence-electron chi connectivity index (χ3n) is 5.68. The number of benzene rings is 2. The van der Waals surface area contributed by atoms with Gasteiger partial charge >= 0.3 is 6.03 Å². The summed E-state index contributed by atoms with van der Waals surface area (Å²) >= 11 is 0. The molecule has 2 aliphatic heterocycles. The second-order valence-electron chi connectivity index (χ2n) is 7.89. The zero-order valence-electron chi connectivity index (χ0n) is 17.7. The number of Topliss-reactive ketones (excluding diaryl/α,β-unsaturated/α-hetero) is 1. The number of imide groups is 1. The minimum atomic E-state index is -1.34. The number of hydrogen-bond donors (Lipinski definition) is 1. The summed E-state index contributed by atoms with van der Waals surface area (Å²) in [6.45, 7) is 2.23. The van der Waals surface area contributed by atoms with Gasteiger partial charge in [0.2, 0.25) is 0 Å². The van der Waals surface area contributed by atoms with Crippen LogP contribution in [0.1, 0.15) is 29.3 Å². The second kappa shape index (κ2) is 8.01. The number of ether oxygens (including phenoxy) is 2. The number of nitrogens with zero attached hydrogens (tertiary/aromatic N) is 5. The standard InChI is InChI=1S/C22H20N6O5/c1-22(15-4-2-5-16(11-15)28-13-23-25-26-28)20(30)27(21(31)24-22)12-17(29)14-6-7-18-19(10-14)33-9-3-8-32-18/h2,4-7,10-11,13H,3,8-9,12H2,1H3,(H,24,31)/t22-/m1/s1. The number of amides is 3. The number of fused-ring (bicyclic) bond motifs is 1. The van der Waals surface area contributed by atoms with Crippen LogP contribution < -0.4 is 14.8 Å². The summed E-state index contributed by atoms with van der Waals surface area (Å²) in [5.74, 6) is 0.124. The molecule has 5 rings (SSSR count). The number of aromatic nitrogens is 4. The molecular formula is C22H20N6O5. The summed E-state index contributed by atoms with van der Waals surface area (Å²) < 4.78 is 12.7. The highest BCUT2D eigenvalue weighted by atomic mass is 16.5. The van der Waals surface area contributed by atoms with E-state index < -0.39 is 24.0 Å². The van der Waals surface area contributed by atoms with E-state index in [-0.39, 0.29) is 5.78 Å². The van der Waals surface area contributed by atoms with Gasteiger partial charge in [-0.25, -0.2) is 9.48 Å². The Morgan fingerprint density at radius 1 is 1.12 bits per heavy atom. The molecule has 168 valence electrons. The Hall–Kier alpha value is -4.28. The van der Waals surface area contributed by atoms with Crippen LogP contribution in [-0.4, -0.2) is 62.6 Å². The van der Waals surface area contributed by atoms with Crippen LogP contribution in [0, 0.1) is 0 Å². The molecule has 11 heteroatoms. The van der Waals surface area contributed by atoms with Gasteiger partial charge in [0, 0.05) is 12.0 Å². The molecule has 0 unspecified atom stereocenters.